The van der Waals surface area contributed by atoms with E-state index in [9.17, 15) is 4.79 Å². The van der Waals surface area contributed by atoms with E-state index in [0.717, 1.165) is 28.3 Å². The maximum atomic E-state index is 12.6. The summed E-state index contributed by atoms with van der Waals surface area (Å²) in [7, 11) is 0. The van der Waals surface area contributed by atoms with Gasteiger partial charge in [0.25, 0.3) is 5.56 Å². The molecule has 5 rings (SSSR count). The number of benzene rings is 1. The summed E-state index contributed by atoms with van der Waals surface area (Å²) in [5, 5.41) is 10.4. The Balaban J connectivity index is 1.41. The van der Waals surface area contributed by atoms with Gasteiger partial charge in [0.1, 0.15) is 22.4 Å². The van der Waals surface area contributed by atoms with Gasteiger partial charge in [-0.25, -0.2) is 4.98 Å². The minimum atomic E-state index is -0.105. The molecule has 4 aromatic rings. The summed E-state index contributed by atoms with van der Waals surface area (Å²) in [5.74, 6) is 1.51. The standard InChI is InChI=1S/C20H19N5O2S/c1-11-14(10-22-25-11)17-8-15-18(28-17)20(26)24-19(23-15)16-7-13(9-21-16)27-12-5-3-2-4-6-12/h2-6,8,10,13,16,21H,7,9H2,1H3,(H,22,25)(H,23,24,26). The lowest BCUT2D eigenvalue weighted by atomic mass is 10.2. The van der Waals surface area contributed by atoms with Crippen molar-refractivity contribution in [3.05, 3.63) is 64.5 Å². The molecule has 7 nitrogen and oxygen atoms in total. The molecule has 4 heterocycles. The van der Waals surface area contributed by atoms with Crippen LogP contribution in [0.15, 0.2) is 47.4 Å². The van der Waals surface area contributed by atoms with Gasteiger partial charge in [-0.05, 0) is 25.1 Å². The van der Waals surface area contributed by atoms with Crippen molar-refractivity contribution < 1.29 is 4.74 Å². The Labute approximate surface area is 164 Å². The van der Waals surface area contributed by atoms with E-state index in [0.29, 0.717) is 22.6 Å². The molecule has 142 valence electrons. The summed E-state index contributed by atoms with van der Waals surface area (Å²) in [6.45, 7) is 2.68. The fourth-order valence-electron chi connectivity index (χ4n) is 3.55. The van der Waals surface area contributed by atoms with Gasteiger partial charge in [-0.3, -0.25) is 9.89 Å². The number of aromatic nitrogens is 4. The van der Waals surface area contributed by atoms with Gasteiger partial charge in [0.15, 0.2) is 0 Å². The van der Waals surface area contributed by atoms with Crippen LogP contribution in [0, 0.1) is 6.92 Å². The van der Waals surface area contributed by atoms with Crippen LogP contribution in [0.25, 0.3) is 20.7 Å². The van der Waals surface area contributed by atoms with Crippen molar-refractivity contribution in [2.75, 3.05) is 6.54 Å². The van der Waals surface area contributed by atoms with Gasteiger partial charge in [-0.15, -0.1) is 11.3 Å². The molecule has 0 spiro atoms. The van der Waals surface area contributed by atoms with Crippen LogP contribution in [0.4, 0.5) is 0 Å². The highest BCUT2D eigenvalue weighted by molar-refractivity contribution is 7.22. The maximum absolute atomic E-state index is 12.6. The zero-order valence-electron chi connectivity index (χ0n) is 15.2. The molecule has 1 saturated heterocycles. The molecular weight excluding hydrogens is 374 g/mol. The van der Waals surface area contributed by atoms with Crippen LogP contribution in [0.1, 0.15) is 24.0 Å². The third kappa shape index (κ3) is 3.10. The third-order valence-corrected chi connectivity index (χ3v) is 6.12. The van der Waals surface area contributed by atoms with Gasteiger partial charge in [0.05, 0.1) is 17.8 Å². The first-order valence-corrected chi connectivity index (χ1v) is 9.98. The molecule has 1 fully saturated rings. The summed E-state index contributed by atoms with van der Waals surface area (Å²) in [6.07, 6.45) is 2.57. The number of thiophene rings is 1. The Morgan fingerprint density at radius 2 is 2.11 bits per heavy atom. The van der Waals surface area contributed by atoms with E-state index in [2.05, 4.69) is 20.5 Å². The second-order valence-electron chi connectivity index (χ2n) is 6.93. The molecule has 0 radical (unpaired) electrons. The van der Waals surface area contributed by atoms with Crippen LogP contribution in [0.3, 0.4) is 0 Å². The highest BCUT2D eigenvalue weighted by Gasteiger charge is 2.29. The molecule has 0 bridgehead atoms. The average Bonchev–Trinajstić information content (AvgIpc) is 3.42. The molecule has 1 aromatic carbocycles. The molecule has 0 amide bonds. The predicted molar refractivity (Wildman–Crippen MR) is 109 cm³/mol. The fourth-order valence-corrected chi connectivity index (χ4v) is 4.61. The smallest absolute Gasteiger partial charge is 0.268 e. The molecule has 8 heteroatoms. The number of nitrogens with one attached hydrogen (secondary N) is 3. The van der Waals surface area contributed by atoms with Crippen molar-refractivity contribution in [2.24, 2.45) is 0 Å². The molecular formula is C20H19N5O2S. The molecule has 0 aliphatic carbocycles. The highest BCUT2D eigenvalue weighted by atomic mass is 32.1. The van der Waals surface area contributed by atoms with E-state index in [1.165, 1.54) is 11.3 Å². The largest absolute Gasteiger partial charge is 0.489 e. The van der Waals surface area contributed by atoms with E-state index in [1.54, 1.807) is 6.20 Å². The minimum absolute atomic E-state index is 0.0372. The van der Waals surface area contributed by atoms with Gasteiger partial charge in [-0.2, -0.15) is 5.10 Å². The van der Waals surface area contributed by atoms with Gasteiger partial charge in [0, 0.05) is 29.1 Å². The lowest BCUT2D eigenvalue weighted by Crippen LogP contribution is -2.21. The van der Waals surface area contributed by atoms with Crippen LogP contribution in [0.2, 0.25) is 0 Å². The third-order valence-electron chi connectivity index (χ3n) is 4.96. The van der Waals surface area contributed by atoms with Crippen molar-refractivity contribution >= 4 is 21.6 Å². The van der Waals surface area contributed by atoms with E-state index in [1.807, 2.05) is 43.3 Å². The van der Waals surface area contributed by atoms with Crippen molar-refractivity contribution in [1.82, 2.24) is 25.5 Å². The normalized spacial score (nSPS) is 19.3. The summed E-state index contributed by atoms with van der Waals surface area (Å²) < 4.78 is 6.65. The molecule has 28 heavy (non-hydrogen) atoms. The second-order valence-corrected chi connectivity index (χ2v) is 7.99. The molecule has 3 aromatic heterocycles. The molecule has 1 aliphatic heterocycles. The van der Waals surface area contributed by atoms with Crippen LogP contribution >= 0.6 is 11.3 Å². The number of hydrogen-bond donors (Lipinski definition) is 3. The number of fused-ring (bicyclic) bond motifs is 1. The lowest BCUT2D eigenvalue weighted by molar-refractivity contribution is 0.219. The van der Waals surface area contributed by atoms with E-state index >= 15 is 0 Å². The van der Waals surface area contributed by atoms with Crippen molar-refractivity contribution in [3.8, 4) is 16.2 Å². The number of nitrogens with zero attached hydrogens (tertiary/aromatic N) is 2. The molecule has 1 aliphatic rings. The van der Waals surface area contributed by atoms with Crippen LogP contribution in [-0.4, -0.2) is 32.8 Å². The maximum Gasteiger partial charge on any atom is 0.268 e. The summed E-state index contributed by atoms with van der Waals surface area (Å²) >= 11 is 1.44. The quantitative estimate of drug-likeness (QED) is 0.495. The average molecular weight is 393 g/mol. The van der Waals surface area contributed by atoms with Crippen LogP contribution in [-0.2, 0) is 0 Å². The Morgan fingerprint density at radius 1 is 1.25 bits per heavy atom. The van der Waals surface area contributed by atoms with E-state index in [-0.39, 0.29) is 17.7 Å². The minimum Gasteiger partial charge on any atom is -0.489 e. The monoisotopic (exact) mass is 393 g/mol. The van der Waals surface area contributed by atoms with Crippen molar-refractivity contribution in [3.63, 3.8) is 0 Å². The number of ether oxygens (including phenoxy) is 1. The zero-order valence-corrected chi connectivity index (χ0v) is 16.0. The summed E-state index contributed by atoms with van der Waals surface area (Å²) in [6, 6.07) is 11.7. The fraction of sp³-hybridized carbons (Fsp3) is 0.250. The topological polar surface area (TPSA) is 95.7 Å². The van der Waals surface area contributed by atoms with Gasteiger partial charge in [-0.1, -0.05) is 18.2 Å². The Bertz CT molecular complexity index is 1180. The molecule has 2 atom stereocenters. The van der Waals surface area contributed by atoms with Crippen molar-refractivity contribution in [2.45, 2.75) is 25.5 Å². The molecule has 3 N–H and O–H groups in total. The first-order chi connectivity index (χ1) is 13.7. The van der Waals surface area contributed by atoms with E-state index in [4.69, 9.17) is 9.72 Å². The Kier molecular flexibility index (Phi) is 4.22. The number of para-hydroxylation sites is 1. The highest BCUT2D eigenvalue weighted by Crippen LogP contribution is 2.33. The SMILES string of the molecule is Cc1[nH]ncc1-c1cc2nc(C3CC(Oc4ccccc4)CN3)[nH]c(=O)c2s1. The summed E-state index contributed by atoms with van der Waals surface area (Å²) in [4.78, 5) is 21.3. The van der Waals surface area contributed by atoms with Gasteiger partial charge >= 0.3 is 0 Å². The Morgan fingerprint density at radius 3 is 2.89 bits per heavy atom. The van der Waals surface area contributed by atoms with Crippen molar-refractivity contribution in [1.29, 1.82) is 0 Å². The molecule has 0 saturated carbocycles. The first-order valence-electron chi connectivity index (χ1n) is 9.16. The first kappa shape index (κ1) is 17.2. The van der Waals surface area contributed by atoms with Crippen LogP contribution < -0.4 is 15.6 Å². The second kappa shape index (κ2) is 6.88. The van der Waals surface area contributed by atoms with Crippen LogP contribution in [0.5, 0.6) is 5.75 Å². The lowest BCUT2D eigenvalue weighted by Gasteiger charge is -2.12. The Hall–Kier alpha value is -2.97. The number of hydrogen-bond acceptors (Lipinski definition) is 6. The van der Waals surface area contributed by atoms with E-state index < -0.39 is 0 Å². The zero-order chi connectivity index (χ0) is 19.1. The number of rotatable bonds is 4. The number of aromatic amines is 2. The summed E-state index contributed by atoms with van der Waals surface area (Å²) in [5.41, 5.74) is 2.58. The number of aryl methyl sites for hydroxylation is 1. The predicted octanol–water partition coefficient (Wildman–Crippen LogP) is 3.17. The number of H-pyrrole nitrogens is 2. The van der Waals surface area contributed by atoms with Gasteiger partial charge in [0.2, 0.25) is 0 Å². The van der Waals surface area contributed by atoms with Gasteiger partial charge < -0.3 is 15.0 Å². The molecule has 2 unspecified atom stereocenters.